The van der Waals surface area contributed by atoms with Crippen LogP contribution in [0.25, 0.3) is 22.5 Å². The van der Waals surface area contributed by atoms with Crippen LogP contribution < -0.4 is 11.1 Å². The van der Waals surface area contributed by atoms with E-state index in [2.05, 4.69) is 20.0 Å². The Labute approximate surface area is 214 Å². The number of aromatic amines is 1. The van der Waals surface area contributed by atoms with Gasteiger partial charge in [-0.1, -0.05) is 54.5 Å². The van der Waals surface area contributed by atoms with Crippen molar-refractivity contribution in [3.63, 3.8) is 0 Å². The molecule has 3 atom stereocenters. The quantitative estimate of drug-likeness (QED) is 0.512. The first-order valence-corrected chi connectivity index (χ1v) is 12.2. The fraction of sp³-hybridized carbons (Fsp3) is 0.407. The summed E-state index contributed by atoms with van der Waals surface area (Å²) in [5.41, 5.74) is 2.60. The predicted molar refractivity (Wildman–Crippen MR) is 136 cm³/mol. The number of hydrogen-bond donors (Lipinski definition) is 2. The molecule has 3 aromatic rings. The number of nitrogens with one attached hydrogen (secondary N) is 2. The SMILES string of the molecule is C[C@@H](c1ccc(-c2cccc(-c3noc(=O)[nH]3)c2)cc1)[C@H](NC(=O)OC(C)(C)C)C(=O)N1CC[C@H](F)C1. The molecule has 2 amide bonds. The Balaban J connectivity index is 1.56. The van der Waals surface area contributed by atoms with Gasteiger partial charge in [-0.05, 0) is 49.9 Å². The molecule has 0 unspecified atom stereocenters. The van der Waals surface area contributed by atoms with Crippen LogP contribution in [0.2, 0.25) is 0 Å². The molecule has 2 aromatic carbocycles. The lowest BCUT2D eigenvalue weighted by atomic mass is 9.90. The molecule has 4 rings (SSSR count). The summed E-state index contributed by atoms with van der Waals surface area (Å²) in [7, 11) is 0. The van der Waals surface area contributed by atoms with Crippen molar-refractivity contribution in [3.05, 3.63) is 64.6 Å². The minimum Gasteiger partial charge on any atom is -0.444 e. The largest absolute Gasteiger partial charge is 0.444 e. The summed E-state index contributed by atoms with van der Waals surface area (Å²) in [4.78, 5) is 41.2. The molecule has 0 radical (unpaired) electrons. The van der Waals surface area contributed by atoms with Gasteiger partial charge in [-0.25, -0.2) is 14.0 Å². The first-order valence-electron chi connectivity index (χ1n) is 12.2. The number of benzene rings is 2. The summed E-state index contributed by atoms with van der Waals surface area (Å²) in [6.45, 7) is 7.41. The Morgan fingerprint density at radius 3 is 2.46 bits per heavy atom. The van der Waals surface area contributed by atoms with Crippen LogP contribution in [0.4, 0.5) is 9.18 Å². The average Bonchev–Trinajstić information content (AvgIpc) is 3.49. The number of ether oxygens (including phenoxy) is 1. The van der Waals surface area contributed by atoms with Crippen molar-refractivity contribution in [1.29, 1.82) is 0 Å². The summed E-state index contributed by atoms with van der Waals surface area (Å²) in [6, 6.07) is 14.2. The van der Waals surface area contributed by atoms with Gasteiger partial charge in [0.05, 0.1) is 6.54 Å². The van der Waals surface area contributed by atoms with Gasteiger partial charge in [-0.3, -0.25) is 14.3 Å². The van der Waals surface area contributed by atoms with E-state index in [-0.39, 0.29) is 18.9 Å². The van der Waals surface area contributed by atoms with Crippen molar-refractivity contribution >= 4 is 12.0 Å². The van der Waals surface area contributed by atoms with Crippen LogP contribution in [0.15, 0.2) is 57.8 Å². The molecule has 196 valence electrons. The first-order chi connectivity index (χ1) is 17.5. The fourth-order valence-electron chi connectivity index (χ4n) is 4.32. The Morgan fingerprint density at radius 2 is 1.86 bits per heavy atom. The zero-order valence-electron chi connectivity index (χ0n) is 21.3. The lowest BCUT2D eigenvalue weighted by Crippen LogP contribution is -2.51. The molecule has 0 bridgehead atoms. The van der Waals surface area contributed by atoms with Gasteiger partial charge in [0.2, 0.25) is 5.91 Å². The van der Waals surface area contributed by atoms with E-state index in [1.807, 2.05) is 55.5 Å². The summed E-state index contributed by atoms with van der Waals surface area (Å²) in [5.74, 6) is -1.03. The van der Waals surface area contributed by atoms with Crippen molar-refractivity contribution in [1.82, 2.24) is 20.4 Å². The van der Waals surface area contributed by atoms with E-state index in [4.69, 9.17) is 4.74 Å². The average molecular weight is 511 g/mol. The zero-order chi connectivity index (χ0) is 26.7. The molecule has 9 nitrogen and oxygen atoms in total. The standard InChI is InChI=1S/C27H31FN4O5/c1-16(22(29-25(34)36-27(2,3)4)24(33)32-13-12-21(28)15-32)17-8-10-18(11-9-17)19-6-5-7-20(14-19)23-30-26(35)37-31-23/h5-11,14,16,21-22H,12-13,15H2,1-4H3,(H,29,34)(H,30,31,35)/t16-,21-,22-/m0/s1. The number of aromatic nitrogens is 2. The minimum atomic E-state index is -1.06. The second-order valence-electron chi connectivity index (χ2n) is 10.2. The fourth-order valence-corrected chi connectivity index (χ4v) is 4.32. The Kier molecular flexibility index (Phi) is 7.47. The molecule has 10 heteroatoms. The zero-order valence-corrected chi connectivity index (χ0v) is 21.3. The van der Waals surface area contributed by atoms with Crippen LogP contribution in [0.3, 0.4) is 0 Å². The molecule has 2 heterocycles. The number of likely N-dealkylation sites (tertiary alicyclic amines) is 1. The first kappa shape index (κ1) is 26.1. The highest BCUT2D eigenvalue weighted by Gasteiger charge is 2.36. The summed E-state index contributed by atoms with van der Waals surface area (Å²) >= 11 is 0. The lowest BCUT2D eigenvalue weighted by Gasteiger charge is -2.30. The van der Waals surface area contributed by atoms with E-state index in [1.54, 1.807) is 20.8 Å². The molecule has 0 saturated carbocycles. The summed E-state index contributed by atoms with van der Waals surface area (Å²) < 4.78 is 23.8. The molecule has 0 aliphatic carbocycles. The van der Waals surface area contributed by atoms with Gasteiger partial charge >= 0.3 is 11.8 Å². The maximum Gasteiger partial charge on any atom is 0.439 e. The highest BCUT2D eigenvalue weighted by molar-refractivity contribution is 5.87. The topological polar surface area (TPSA) is 118 Å². The molecular formula is C27H31FN4O5. The summed E-state index contributed by atoms with van der Waals surface area (Å²) in [6.07, 6.45) is -1.48. The smallest absolute Gasteiger partial charge is 0.439 e. The number of H-pyrrole nitrogens is 1. The highest BCUT2D eigenvalue weighted by atomic mass is 19.1. The monoisotopic (exact) mass is 510 g/mol. The number of rotatable bonds is 6. The van der Waals surface area contributed by atoms with Crippen LogP contribution >= 0.6 is 0 Å². The van der Waals surface area contributed by atoms with Crippen molar-refractivity contribution < 1.29 is 23.2 Å². The third-order valence-electron chi connectivity index (χ3n) is 6.23. The lowest BCUT2D eigenvalue weighted by molar-refractivity contribution is -0.133. The normalized spacial score (nSPS) is 17.3. The second kappa shape index (κ2) is 10.6. The van der Waals surface area contributed by atoms with Crippen molar-refractivity contribution in [2.75, 3.05) is 13.1 Å². The van der Waals surface area contributed by atoms with Gasteiger partial charge in [0.1, 0.15) is 17.8 Å². The Morgan fingerprint density at radius 1 is 1.16 bits per heavy atom. The number of halogens is 1. The van der Waals surface area contributed by atoms with Crippen LogP contribution in [-0.2, 0) is 9.53 Å². The number of carbonyl (C=O) groups is 2. The molecule has 1 saturated heterocycles. The molecule has 1 aliphatic heterocycles. The van der Waals surface area contributed by atoms with Crippen LogP contribution in [0.1, 0.15) is 45.6 Å². The predicted octanol–water partition coefficient (Wildman–Crippen LogP) is 4.26. The van der Waals surface area contributed by atoms with E-state index in [1.165, 1.54) is 4.90 Å². The number of alkyl carbamates (subject to hydrolysis) is 1. The number of amides is 2. The van der Waals surface area contributed by atoms with E-state index in [9.17, 15) is 18.8 Å². The molecule has 0 spiro atoms. The van der Waals surface area contributed by atoms with Crippen LogP contribution in [0.5, 0.6) is 0 Å². The van der Waals surface area contributed by atoms with Gasteiger partial charge in [0.15, 0.2) is 5.82 Å². The Bertz CT molecular complexity index is 1310. The van der Waals surface area contributed by atoms with Gasteiger partial charge in [-0.2, -0.15) is 0 Å². The van der Waals surface area contributed by atoms with Crippen LogP contribution in [-0.4, -0.2) is 57.9 Å². The molecular weight excluding hydrogens is 479 g/mol. The Hall–Kier alpha value is -3.95. The van der Waals surface area contributed by atoms with Crippen molar-refractivity contribution in [2.24, 2.45) is 0 Å². The molecule has 2 N–H and O–H groups in total. The molecule has 1 fully saturated rings. The maximum absolute atomic E-state index is 13.8. The van der Waals surface area contributed by atoms with E-state index >= 15 is 0 Å². The van der Waals surface area contributed by atoms with E-state index in [0.717, 1.165) is 16.7 Å². The number of alkyl halides is 1. The van der Waals surface area contributed by atoms with E-state index in [0.29, 0.717) is 17.9 Å². The third kappa shape index (κ3) is 6.44. The maximum atomic E-state index is 13.8. The second-order valence-corrected chi connectivity index (χ2v) is 10.2. The summed E-state index contributed by atoms with van der Waals surface area (Å²) in [5, 5.41) is 6.45. The number of hydrogen-bond acceptors (Lipinski definition) is 6. The molecule has 1 aliphatic rings. The molecule has 1 aromatic heterocycles. The molecule has 37 heavy (non-hydrogen) atoms. The number of nitrogens with zero attached hydrogens (tertiary/aromatic N) is 2. The third-order valence-corrected chi connectivity index (χ3v) is 6.23. The number of carbonyl (C=O) groups excluding carboxylic acids is 2. The highest BCUT2D eigenvalue weighted by Crippen LogP contribution is 2.28. The van der Waals surface area contributed by atoms with Crippen LogP contribution in [0, 0.1) is 0 Å². The van der Waals surface area contributed by atoms with Crippen molar-refractivity contribution in [2.45, 2.75) is 57.8 Å². The van der Waals surface area contributed by atoms with Gasteiger partial charge < -0.3 is 15.0 Å². The van der Waals surface area contributed by atoms with Gasteiger partial charge in [0.25, 0.3) is 0 Å². The van der Waals surface area contributed by atoms with Crippen molar-refractivity contribution in [3.8, 4) is 22.5 Å². The minimum absolute atomic E-state index is 0.0180. The van der Waals surface area contributed by atoms with Gasteiger partial charge in [-0.15, -0.1) is 0 Å². The van der Waals surface area contributed by atoms with Gasteiger partial charge in [0, 0.05) is 18.0 Å². The van der Waals surface area contributed by atoms with E-state index < -0.39 is 35.6 Å².